The van der Waals surface area contributed by atoms with Crippen molar-refractivity contribution in [2.24, 2.45) is 0 Å². The topological polar surface area (TPSA) is 56.2 Å². The molecule has 0 saturated carbocycles. The average Bonchev–Trinajstić information content (AvgIpc) is 3.18. The van der Waals surface area contributed by atoms with Crippen molar-refractivity contribution < 1.29 is 9.53 Å². The number of benzene rings is 2. The van der Waals surface area contributed by atoms with Gasteiger partial charge >= 0.3 is 0 Å². The number of carbonyl (C=O) groups is 1. The third-order valence-corrected chi connectivity index (χ3v) is 3.81. The van der Waals surface area contributed by atoms with Crippen molar-refractivity contribution in [2.75, 3.05) is 6.54 Å². The largest absolute Gasteiger partial charge is 0.488 e. The number of amides is 1. The summed E-state index contributed by atoms with van der Waals surface area (Å²) in [6.45, 7) is 1.86. The van der Waals surface area contributed by atoms with Crippen LogP contribution in [0.25, 0.3) is 0 Å². The van der Waals surface area contributed by atoms with Crippen LogP contribution in [0.4, 0.5) is 0 Å². The van der Waals surface area contributed by atoms with E-state index in [1.165, 1.54) is 0 Å². The molecule has 0 spiro atoms. The van der Waals surface area contributed by atoms with E-state index in [2.05, 4.69) is 10.3 Å². The standard InChI is InChI=1S/C20H21N3O2.ClH/c24-20(22-11-6-13-23-14-12-21-16-23)18-9-4-5-10-19(18)25-15-17-7-2-1-3-8-17;/h1-5,7-10,12,14,16H,6,11,13,15H2,(H,22,24);1H. The minimum Gasteiger partial charge on any atom is -0.488 e. The number of para-hydroxylation sites is 1. The van der Waals surface area contributed by atoms with Crippen LogP contribution in [0, 0.1) is 0 Å². The number of aryl methyl sites for hydroxylation is 1. The molecule has 1 amide bonds. The molecule has 1 N–H and O–H groups in total. The molecule has 0 aliphatic carbocycles. The number of hydrogen-bond acceptors (Lipinski definition) is 3. The zero-order chi connectivity index (χ0) is 17.3. The lowest BCUT2D eigenvalue weighted by atomic mass is 10.2. The molecule has 136 valence electrons. The number of halogens is 1. The lowest BCUT2D eigenvalue weighted by Gasteiger charge is -2.12. The zero-order valence-electron chi connectivity index (χ0n) is 14.4. The third kappa shape index (κ3) is 5.63. The lowest BCUT2D eigenvalue weighted by molar-refractivity contribution is 0.0948. The van der Waals surface area contributed by atoms with Crippen LogP contribution >= 0.6 is 12.4 Å². The van der Waals surface area contributed by atoms with E-state index in [0.717, 1.165) is 18.5 Å². The summed E-state index contributed by atoms with van der Waals surface area (Å²) in [6.07, 6.45) is 6.27. The molecule has 3 rings (SSSR count). The van der Waals surface area contributed by atoms with Crippen molar-refractivity contribution in [1.82, 2.24) is 14.9 Å². The van der Waals surface area contributed by atoms with Gasteiger partial charge in [0.05, 0.1) is 11.9 Å². The van der Waals surface area contributed by atoms with Gasteiger partial charge in [0.15, 0.2) is 0 Å². The summed E-state index contributed by atoms with van der Waals surface area (Å²) >= 11 is 0. The highest BCUT2D eigenvalue weighted by atomic mass is 35.5. The Hall–Kier alpha value is -2.79. The number of aromatic nitrogens is 2. The van der Waals surface area contributed by atoms with E-state index in [1.807, 2.05) is 59.3 Å². The van der Waals surface area contributed by atoms with Gasteiger partial charge in [-0.05, 0) is 24.1 Å². The number of carbonyl (C=O) groups excluding carboxylic acids is 1. The fraction of sp³-hybridized carbons (Fsp3) is 0.200. The van der Waals surface area contributed by atoms with Crippen molar-refractivity contribution in [3.05, 3.63) is 84.4 Å². The maximum absolute atomic E-state index is 12.4. The highest BCUT2D eigenvalue weighted by molar-refractivity contribution is 5.96. The van der Waals surface area contributed by atoms with Crippen LogP contribution in [-0.4, -0.2) is 22.0 Å². The van der Waals surface area contributed by atoms with Crippen molar-refractivity contribution in [2.45, 2.75) is 19.6 Å². The highest BCUT2D eigenvalue weighted by Crippen LogP contribution is 2.19. The minimum absolute atomic E-state index is 0. The van der Waals surface area contributed by atoms with Gasteiger partial charge in [-0.25, -0.2) is 4.98 Å². The Balaban J connectivity index is 0.00000243. The Bertz CT molecular complexity index is 792. The highest BCUT2D eigenvalue weighted by Gasteiger charge is 2.11. The maximum atomic E-state index is 12.4. The average molecular weight is 372 g/mol. The Labute approximate surface area is 159 Å². The molecule has 5 nitrogen and oxygen atoms in total. The third-order valence-electron chi connectivity index (χ3n) is 3.81. The zero-order valence-corrected chi connectivity index (χ0v) is 15.2. The quantitative estimate of drug-likeness (QED) is 0.614. The summed E-state index contributed by atoms with van der Waals surface area (Å²) in [7, 11) is 0. The number of nitrogens with one attached hydrogen (secondary N) is 1. The van der Waals surface area contributed by atoms with Gasteiger partial charge in [-0.3, -0.25) is 4.79 Å². The van der Waals surface area contributed by atoms with Gasteiger partial charge in [-0.15, -0.1) is 12.4 Å². The monoisotopic (exact) mass is 371 g/mol. The second-order valence-corrected chi connectivity index (χ2v) is 5.68. The first-order valence-electron chi connectivity index (χ1n) is 8.32. The van der Waals surface area contributed by atoms with Crippen molar-refractivity contribution in [3.63, 3.8) is 0 Å². The van der Waals surface area contributed by atoms with Gasteiger partial charge < -0.3 is 14.6 Å². The predicted octanol–water partition coefficient (Wildman–Crippen LogP) is 3.70. The normalized spacial score (nSPS) is 10.0. The van der Waals surface area contributed by atoms with E-state index >= 15 is 0 Å². The van der Waals surface area contributed by atoms with Gasteiger partial charge in [0, 0.05) is 25.5 Å². The molecule has 0 aliphatic heterocycles. The Morgan fingerprint density at radius 3 is 2.62 bits per heavy atom. The van der Waals surface area contributed by atoms with E-state index in [4.69, 9.17) is 4.74 Å². The second kappa shape index (κ2) is 10.3. The molecule has 26 heavy (non-hydrogen) atoms. The molecule has 0 aliphatic rings. The molecule has 2 aromatic carbocycles. The summed E-state index contributed by atoms with van der Waals surface area (Å²) in [6, 6.07) is 17.2. The number of ether oxygens (including phenoxy) is 1. The molecular weight excluding hydrogens is 350 g/mol. The summed E-state index contributed by atoms with van der Waals surface area (Å²) < 4.78 is 7.83. The molecule has 0 saturated heterocycles. The lowest BCUT2D eigenvalue weighted by Crippen LogP contribution is -2.25. The van der Waals surface area contributed by atoms with Crippen LogP contribution in [0.1, 0.15) is 22.3 Å². The van der Waals surface area contributed by atoms with Gasteiger partial charge in [0.25, 0.3) is 5.91 Å². The van der Waals surface area contributed by atoms with Crippen LogP contribution in [0.5, 0.6) is 5.75 Å². The molecule has 0 bridgehead atoms. The minimum atomic E-state index is -0.116. The first kappa shape index (κ1) is 19.5. The SMILES string of the molecule is Cl.O=C(NCCCn1ccnc1)c1ccccc1OCc1ccccc1. The summed E-state index contributed by atoms with van der Waals surface area (Å²) in [5.74, 6) is 0.479. The number of imidazole rings is 1. The van der Waals surface area contributed by atoms with Crippen LogP contribution in [-0.2, 0) is 13.2 Å². The summed E-state index contributed by atoms with van der Waals surface area (Å²) in [5.41, 5.74) is 1.62. The van der Waals surface area contributed by atoms with Gasteiger partial charge in [-0.1, -0.05) is 42.5 Å². The van der Waals surface area contributed by atoms with E-state index in [0.29, 0.717) is 24.5 Å². The number of rotatable bonds is 8. The van der Waals surface area contributed by atoms with Crippen LogP contribution in [0.15, 0.2) is 73.3 Å². The molecule has 0 radical (unpaired) electrons. The van der Waals surface area contributed by atoms with Gasteiger partial charge in [0.1, 0.15) is 12.4 Å². The van der Waals surface area contributed by atoms with E-state index in [1.54, 1.807) is 18.6 Å². The van der Waals surface area contributed by atoms with E-state index < -0.39 is 0 Å². The fourth-order valence-corrected chi connectivity index (χ4v) is 2.49. The molecular formula is C20H22ClN3O2. The number of hydrogen-bond donors (Lipinski definition) is 1. The van der Waals surface area contributed by atoms with Crippen LogP contribution in [0.3, 0.4) is 0 Å². The molecule has 0 atom stereocenters. The molecule has 0 fully saturated rings. The van der Waals surface area contributed by atoms with Gasteiger partial charge in [-0.2, -0.15) is 0 Å². The first-order chi connectivity index (χ1) is 12.3. The summed E-state index contributed by atoms with van der Waals surface area (Å²) in [4.78, 5) is 16.4. The summed E-state index contributed by atoms with van der Waals surface area (Å²) in [5, 5.41) is 2.95. The number of nitrogens with zero attached hydrogens (tertiary/aromatic N) is 2. The second-order valence-electron chi connectivity index (χ2n) is 5.68. The van der Waals surface area contributed by atoms with Gasteiger partial charge in [0.2, 0.25) is 0 Å². The van der Waals surface area contributed by atoms with E-state index in [9.17, 15) is 4.79 Å². The van der Waals surface area contributed by atoms with Crippen molar-refractivity contribution >= 4 is 18.3 Å². The maximum Gasteiger partial charge on any atom is 0.255 e. The molecule has 0 unspecified atom stereocenters. The van der Waals surface area contributed by atoms with Crippen LogP contribution in [0.2, 0.25) is 0 Å². The van der Waals surface area contributed by atoms with Crippen LogP contribution < -0.4 is 10.1 Å². The fourth-order valence-electron chi connectivity index (χ4n) is 2.49. The molecule has 1 heterocycles. The molecule has 6 heteroatoms. The Morgan fingerprint density at radius 1 is 1.08 bits per heavy atom. The Kier molecular flexibility index (Phi) is 7.71. The molecule has 3 aromatic rings. The van der Waals surface area contributed by atoms with E-state index in [-0.39, 0.29) is 18.3 Å². The van der Waals surface area contributed by atoms with Crippen molar-refractivity contribution in [3.8, 4) is 5.75 Å². The predicted molar refractivity (Wildman–Crippen MR) is 104 cm³/mol. The molecule has 1 aromatic heterocycles. The Morgan fingerprint density at radius 2 is 1.85 bits per heavy atom. The van der Waals surface area contributed by atoms with Crippen molar-refractivity contribution in [1.29, 1.82) is 0 Å². The smallest absolute Gasteiger partial charge is 0.255 e. The first-order valence-corrected chi connectivity index (χ1v) is 8.32.